The van der Waals surface area contributed by atoms with E-state index in [0.29, 0.717) is 5.41 Å². The van der Waals surface area contributed by atoms with Crippen LogP contribution in [0.5, 0.6) is 0 Å². The third-order valence-electron chi connectivity index (χ3n) is 5.52. The van der Waals surface area contributed by atoms with Gasteiger partial charge in [0.1, 0.15) is 0 Å². The van der Waals surface area contributed by atoms with Crippen molar-refractivity contribution in [2.45, 2.75) is 77.7 Å². The lowest BCUT2D eigenvalue weighted by atomic mass is 9.69. The Morgan fingerprint density at radius 3 is 2.16 bits per heavy atom. The summed E-state index contributed by atoms with van der Waals surface area (Å²) in [5.41, 5.74) is 0.690. The van der Waals surface area contributed by atoms with Crippen LogP contribution in [0.15, 0.2) is 0 Å². The zero-order chi connectivity index (χ0) is 13.9. The van der Waals surface area contributed by atoms with Gasteiger partial charge in [-0.3, -0.25) is 0 Å². The highest BCUT2D eigenvalue weighted by Gasteiger charge is 2.38. The molecule has 0 saturated heterocycles. The molecule has 0 atom stereocenters. The highest BCUT2D eigenvalue weighted by Crippen LogP contribution is 2.43. The second-order valence-electron chi connectivity index (χ2n) is 7.89. The predicted octanol–water partition coefficient (Wildman–Crippen LogP) is 5.60. The molecule has 0 radical (unpaired) electrons. The Bertz CT molecular complexity index is 269. The maximum atomic E-state index is 6.38. The van der Waals surface area contributed by atoms with Crippen LogP contribution in [0.1, 0.15) is 72.1 Å². The highest BCUT2D eigenvalue weighted by molar-refractivity contribution is 14.1. The van der Waals surface area contributed by atoms with Crippen LogP contribution in [-0.2, 0) is 4.74 Å². The zero-order valence-corrected chi connectivity index (χ0v) is 15.2. The molecule has 0 aromatic rings. The topological polar surface area (TPSA) is 9.23 Å². The lowest BCUT2D eigenvalue weighted by molar-refractivity contribution is -0.0735. The third-order valence-corrected chi connectivity index (χ3v) is 6.91. The summed E-state index contributed by atoms with van der Waals surface area (Å²) in [4.78, 5) is 0. The van der Waals surface area contributed by atoms with Crippen molar-refractivity contribution in [2.24, 2.45) is 17.3 Å². The molecule has 2 aliphatic carbocycles. The Morgan fingerprint density at radius 2 is 1.74 bits per heavy atom. The minimum atomic E-state index is 0.214. The van der Waals surface area contributed by atoms with Crippen LogP contribution >= 0.6 is 22.6 Å². The molecule has 0 spiro atoms. The van der Waals surface area contributed by atoms with Gasteiger partial charge in [-0.2, -0.15) is 0 Å². The molecule has 19 heavy (non-hydrogen) atoms. The minimum absolute atomic E-state index is 0.214. The molecular weight excluding hydrogens is 347 g/mol. The molecule has 1 nitrogen and oxygen atoms in total. The van der Waals surface area contributed by atoms with E-state index in [0.717, 1.165) is 18.4 Å². The van der Waals surface area contributed by atoms with E-state index in [9.17, 15) is 0 Å². The summed E-state index contributed by atoms with van der Waals surface area (Å²) in [6, 6.07) is 0. The standard InChI is InChI=1S/C17H31IO/c1-16(2,3)15-7-10-17(13-18,11-8-15)19-12-9-14-5-4-6-14/h14-15H,4-13H2,1-3H3. The normalized spacial score (nSPS) is 33.2. The van der Waals surface area contributed by atoms with Gasteiger partial charge >= 0.3 is 0 Å². The van der Waals surface area contributed by atoms with Gasteiger partial charge in [0.25, 0.3) is 0 Å². The second-order valence-corrected chi connectivity index (χ2v) is 8.65. The van der Waals surface area contributed by atoms with Crippen molar-refractivity contribution < 1.29 is 4.74 Å². The Morgan fingerprint density at radius 1 is 1.11 bits per heavy atom. The van der Waals surface area contributed by atoms with Crippen molar-refractivity contribution >= 4 is 22.6 Å². The van der Waals surface area contributed by atoms with E-state index in [4.69, 9.17) is 4.74 Å². The van der Waals surface area contributed by atoms with Gasteiger partial charge in [0.05, 0.1) is 5.60 Å². The first-order valence-electron chi connectivity index (χ1n) is 8.15. The number of hydrogen-bond donors (Lipinski definition) is 0. The van der Waals surface area contributed by atoms with Crippen LogP contribution < -0.4 is 0 Å². The average molecular weight is 378 g/mol. The van der Waals surface area contributed by atoms with Crippen LogP contribution in [0.4, 0.5) is 0 Å². The largest absolute Gasteiger partial charge is 0.374 e. The molecule has 0 N–H and O–H groups in total. The lowest BCUT2D eigenvalue weighted by Crippen LogP contribution is -2.41. The molecule has 0 aliphatic heterocycles. The van der Waals surface area contributed by atoms with Crippen LogP contribution in [0.25, 0.3) is 0 Å². The molecule has 2 saturated carbocycles. The molecule has 0 heterocycles. The monoisotopic (exact) mass is 378 g/mol. The molecule has 2 aliphatic rings. The summed E-state index contributed by atoms with van der Waals surface area (Å²) in [6.45, 7) is 8.19. The number of hydrogen-bond acceptors (Lipinski definition) is 1. The third kappa shape index (κ3) is 4.33. The highest BCUT2D eigenvalue weighted by atomic mass is 127. The average Bonchev–Trinajstić information content (AvgIpc) is 2.32. The SMILES string of the molecule is CC(C)(C)C1CCC(CI)(OCCC2CCC2)CC1. The van der Waals surface area contributed by atoms with Crippen LogP contribution in [-0.4, -0.2) is 16.6 Å². The Balaban J connectivity index is 1.76. The zero-order valence-electron chi connectivity index (χ0n) is 13.0. The van der Waals surface area contributed by atoms with Crippen molar-refractivity contribution in [1.82, 2.24) is 0 Å². The summed E-state index contributed by atoms with van der Waals surface area (Å²) >= 11 is 2.54. The first kappa shape index (κ1) is 16.1. The van der Waals surface area contributed by atoms with Gasteiger partial charge in [-0.25, -0.2) is 0 Å². The molecule has 0 amide bonds. The van der Waals surface area contributed by atoms with E-state index < -0.39 is 0 Å². The molecule has 0 unspecified atom stereocenters. The fourth-order valence-electron chi connectivity index (χ4n) is 3.55. The predicted molar refractivity (Wildman–Crippen MR) is 90.9 cm³/mol. The molecule has 0 aromatic heterocycles. The molecule has 0 aromatic carbocycles. The van der Waals surface area contributed by atoms with Crippen molar-refractivity contribution in [3.63, 3.8) is 0 Å². The van der Waals surface area contributed by atoms with Gasteiger partial charge in [-0.15, -0.1) is 0 Å². The van der Waals surface area contributed by atoms with Gasteiger partial charge in [-0.05, 0) is 49.4 Å². The molecule has 112 valence electrons. The molecular formula is C17H31IO. The van der Waals surface area contributed by atoms with Crippen molar-refractivity contribution in [3.05, 3.63) is 0 Å². The smallest absolute Gasteiger partial charge is 0.0771 e. The first-order valence-corrected chi connectivity index (χ1v) is 9.68. The van der Waals surface area contributed by atoms with E-state index in [1.54, 1.807) is 0 Å². The summed E-state index contributed by atoms with van der Waals surface area (Å²) in [5.74, 6) is 1.87. The molecule has 2 fully saturated rings. The van der Waals surface area contributed by atoms with Crippen molar-refractivity contribution in [3.8, 4) is 0 Å². The number of alkyl halides is 1. The molecule has 2 rings (SSSR count). The van der Waals surface area contributed by atoms with Gasteiger partial charge < -0.3 is 4.74 Å². The fraction of sp³-hybridized carbons (Fsp3) is 1.00. The van der Waals surface area contributed by atoms with Gasteiger partial charge in [-0.1, -0.05) is 62.6 Å². The van der Waals surface area contributed by atoms with E-state index in [-0.39, 0.29) is 5.60 Å². The van der Waals surface area contributed by atoms with Crippen LogP contribution in [0, 0.1) is 17.3 Å². The number of halogens is 1. The van der Waals surface area contributed by atoms with E-state index in [1.807, 2.05) is 0 Å². The Kier molecular flexibility index (Phi) is 5.61. The quantitative estimate of drug-likeness (QED) is 0.447. The van der Waals surface area contributed by atoms with E-state index in [2.05, 4.69) is 43.4 Å². The van der Waals surface area contributed by atoms with Gasteiger partial charge in [0.2, 0.25) is 0 Å². The minimum Gasteiger partial charge on any atom is -0.374 e. The van der Waals surface area contributed by atoms with Crippen molar-refractivity contribution in [1.29, 1.82) is 0 Å². The summed E-state index contributed by atoms with van der Waals surface area (Å²) in [7, 11) is 0. The Hall–Kier alpha value is 0.690. The fourth-order valence-corrected chi connectivity index (χ4v) is 4.53. The van der Waals surface area contributed by atoms with Gasteiger partial charge in [0.15, 0.2) is 0 Å². The molecule has 2 heteroatoms. The van der Waals surface area contributed by atoms with Crippen LogP contribution in [0.3, 0.4) is 0 Å². The second kappa shape index (κ2) is 6.64. The summed E-state index contributed by atoms with van der Waals surface area (Å²) in [6.07, 6.45) is 10.9. The molecule has 0 bridgehead atoms. The summed E-state index contributed by atoms with van der Waals surface area (Å²) < 4.78 is 7.55. The maximum Gasteiger partial charge on any atom is 0.0771 e. The first-order chi connectivity index (χ1) is 8.95. The van der Waals surface area contributed by atoms with Gasteiger partial charge in [0, 0.05) is 11.0 Å². The number of rotatable bonds is 5. The van der Waals surface area contributed by atoms with E-state index in [1.165, 1.54) is 55.8 Å². The Labute approximate surface area is 133 Å². The summed E-state index contributed by atoms with van der Waals surface area (Å²) in [5, 5.41) is 0. The number of ether oxygens (including phenoxy) is 1. The maximum absolute atomic E-state index is 6.38. The van der Waals surface area contributed by atoms with E-state index >= 15 is 0 Å². The van der Waals surface area contributed by atoms with Crippen LogP contribution in [0.2, 0.25) is 0 Å². The van der Waals surface area contributed by atoms with Crippen molar-refractivity contribution in [2.75, 3.05) is 11.0 Å². The lowest BCUT2D eigenvalue weighted by Gasteiger charge is -2.43.